The molecule has 4 nitrogen and oxygen atoms in total. The molecular weight excluding hydrogens is 240 g/mol. The van der Waals surface area contributed by atoms with Crippen LogP contribution in [0.25, 0.3) is 0 Å². The Balaban J connectivity index is 1.63. The van der Waals surface area contributed by atoms with E-state index in [0.29, 0.717) is 5.92 Å². The summed E-state index contributed by atoms with van der Waals surface area (Å²) >= 11 is 0. The second kappa shape index (κ2) is 5.21. The number of hydrogen-bond donors (Lipinski definition) is 2. The molecule has 0 saturated heterocycles. The van der Waals surface area contributed by atoms with Crippen molar-refractivity contribution in [1.29, 1.82) is 0 Å². The molecule has 0 bridgehead atoms. The van der Waals surface area contributed by atoms with Crippen LogP contribution in [0.1, 0.15) is 43.7 Å². The van der Waals surface area contributed by atoms with Gasteiger partial charge in [0.05, 0.1) is 6.61 Å². The molecule has 1 heterocycles. The van der Waals surface area contributed by atoms with Gasteiger partial charge in [-0.15, -0.1) is 0 Å². The summed E-state index contributed by atoms with van der Waals surface area (Å²) in [7, 11) is 0. The van der Waals surface area contributed by atoms with Gasteiger partial charge >= 0.3 is 0 Å². The molecule has 4 heteroatoms. The monoisotopic (exact) mass is 260 g/mol. The molecule has 1 aromatic rings. The van der Waals surface area contributed by atoms with Gasteiger partial charge in [-0.25, -0.2) is 0 Å². The van der Waals surface area contributed by atoms with Gasteiger partial charge in [-0.1, -0.05) is 25.3 Å². The van der Waals surface area contributed by atoms with Crippen molar-refractivity contribution in [2.45, 2.75) is 38.1 Å². The minimum atomic E-state index is -0.539. The van der Waals surface area contributed by atoms with E-state index in [1.807, 2.05) is 18.2 Å². The SMILES string of the molecule is NC1C(=O)Nc2cc(OCC3CCCCC3)ccc21. The molecule has 0 aromatic heterocycles. The molecule has 1 fully saturated rings. The first kappa shape index (κ1) is 12.5. The molecule has 1 aliphatic carbocycles. The van der Waals surface area contributed by atoms with Crippen LogP contribution in [0.4, 0.5) is 5.69 Å². The Morgan fingerprint density at radius 2 is 2.05 bits per heavy atom. The number of carbonyl (C=O) groups excluding carboxylic acids is 1. The van der Waals surface area contributed by atoms with E-state index in [9.17, 15) is 4.79 Å². The number of benzene rings is 1. The van der Waals surface area contributed by atoms with Crippen LogP contribution in [-0.2, 0) is 4.79 Å². The summed E-state index contributed by atoms with van der Waals surface area (Å²) in [5, 5.41) is 2.78. The Morgan fingerprint density at radius 3 is 2.84 bits per heavy atom. The van der Waals surface area contributed by atoms with E-state index in [-0.39, 0.29) is 5.91 Å². The van der Waals surface area contributed by atoms with Crippen LogP contribution >= 0.6 is 0 Å². The average molecular weight is 260 g/mol. The van der Waals surface area contributed by atoms with Gasteiger partial charge < -0.3 is 15.8 Å². The molecule has 1 saturated carbocycles. The average Bonchev–Trinajstić information content (AvgIpc) is 2.73. The van der Waals surface area contributed by atoms with E-state index in [1.54, 1.807) is 0 Å². The number of nitrogens with two attached hydrogens (primary N) is 1. The first-order valence-corrected chi connectivity index (χ1v) is 7.07. The lowest BCUT2D eigenvalue weighted by atomic mass is 9.90. The molecule has 1 amide bonds. The molecule has 2 aliphatic rings. The quantitative estimate of drug-likeness (QED) is 0.878. The number of amides is 1. The Morgan fingerprint density at radius 1 is 1.26 bits per heavy atom. The predicted molar refractivity (Wildman–Crippen MR) is 74.1 cm³/mol. The van der Waals surface area contributed by atoms with Crippen molar-refractivity contribution in [2.75, 3.05) is 11.9 Å². The minimum Gasteiger partial charge on any atom is -0.493 e. The third kappa shape index (κ3) is 2.59. The maximum Gasteiger partial charge on any atom is 0.245 e. The highest BCUT2D eigenvalue weighted by Gasteiger charge is 2.27. The van der Waals surface area contributed by atoms with Crippen molar-refractivity contribution in [2.24, 2.45) is 11.7 Å². The lowest BCUT2D eigenvalue weighted by Gasteiger charge is -2.21. The molecule has 3 rings (SSSR count). The Bertz CT molecular complexity index is 481. The molecule has 1 aromatic carbocycles. The van der Waals surface area contributed by atoms with Gasteiger partial charge in [0.1, 0.15) is 11.8 Å². The summed E-state index contributed by atoms with van der Waals surface area (Å²) in [4.78, 5) is 11.5. The van der Waals surface area contributed by atoms with E-state index in [0.717, 1.165) is 23.6 Å². The lowest BCUT2D eigenvalue weighted by Crippen LogP contribution is -2.19. The highest BCUT2D eigenvalue weighted by atomic mass is 16.5. The van der Waals surface area contributed by atoms with Crippen LogP contribution < -0.4 is 15.8 Å². The number of carbonyl (C=O) groups is 1. The van der Waals surface area contributed by atoms with Crippen molar-refractivity contribution in [3.05, 3.63) is 23.8 Å². The topological polar surface area (TPSA) is 64.4 Å². The number of anilines is 1. The van der Waals surface area contributed by atoms with Gasteiger partial charge in [0, 0.05) is 17.3 Å². The normalized spacial score (nSPS) is 23.0. The number of ether oxygens (including phenoxy) is 1. The molecule has 3 N–H and O–H groups in total. The van der Waals surface area contributed by atoms with Crippen LogP contribution in [0.2, 0.25) is 0 Å². The first-order valence-electron chi connectivity index (χ1n) is 7.07. The first-order chi connectivity index (χ1) is 9.24. The van der Waals surface area contributed by atoms with E-state index < -0.39 is 6.04 Å². The zero-order valence-corrected chi connectivity index (χ0v) is 11.0. The largest absolute Gasteiger partial charge is 0.493 e. The van der Waals surface area contributed by atoms with Crippen LogP contribution in [0, 0.1) is 5.92 Å². The smallest absolute Gasteiger partial charge is 0.245 e. The number of rotatable bonds is 3. The van der Waals surface area contributed by atoms with E-state index in [4.69, 9.17) is 10.5 Å². The fraction of sp³-hybridized carbons (Fsp3) is 0.533. The summed E-state index contributed by atoms with van der Waals surface area (Å²) in [6.07, 6.45) is 6.55. The summed E-state index contributed by atoms with van der Waals surface area (Å²) in [5.41, 5.74) is 7.42. The van der Waals surface area contributed by atoms with Crippen LogP contribution in [0.15, 0.2) is 18.2 Å². The summed E-state index contributed by atoms with van der Waals surface area (Å²) in [6.45, 7) is 0.777. The maximum absolute atomic E-state index is 11.5. The summed E-state index contributed by atoms with van der Waals surface area (Å²) in [5.74, 6) is 1.36. The van der Waals surface area contributed by atoms with Gasteiger partial charge in [0.25, 0.3) is 0 Å². The van der Waals surface area contributed by atoms with Crippen molar-refractivity contribution in [3.8, 4) is 5.75 Å². The molecule has 0 spiro atoms. The van der Waals surface area contributed by atoms with Crippen molar-refractivity contribution >= 4 is 11.6 Å². The molecule has 1 atom stereocenters. The number of nitrogens with one attached hydrogen (secondary N) is 1. The van der Waals surface area contributed by atoms with E-state index >= 15 is 0 Å². The molecule has 1 unspecified atom stereocenters. The second-order valence-electron chi connectivity index (χ2n) is 5.53. The standard InChI is InChI=1S/C15H20N2O2/c16-14-12-7-6-11(8-13(12)17-15(14)18)19-9-10-4-2-1-3-5-10/h6-8,10,14H,1-5,9,16H2,(H,17,18). The van der Waals surface area contributed by atoms with Gasteiger partial charge in [-0.2, -0.15) is 0 Å². The molecule has 19 heavy (non-hydrogen) atoms. The van der Waals surface area contributed by atoms with Crippen molar-refractivity contribution in [1.82, 2.24) is 0 Å². The van der Waals surface area contributed by atoms with Crippen LogP contribution in [0.3, 0.4) is 0 Å². The highest BCUT2D eigenvalue weighted by molar-refractivity contribution is 6.02. The van der Waals surface area contributed by atoms with Gasteiger partial charge in [0.2, 0.25) is 5.91 Å². The molecule has 0 radical (unpaired) electrons. The van der Waals surface area contributed by atoms with Crippen LogP contribution in [0.5, 0.6) is 5.75 Å². The summed E-state index contributed by atoms with van der Waals surface area (Å²) < 4.78 is 5.85. The zero-order chi connectivity index (χ0) is 13.2. The fourth-order valence-electron chi connectivity index (χ4n) is 2.92. The van der Waals surface area contributed by atoms with E-state index in [1.165, 1.54) is 32.1 Å². The third-order valence-electron chi connectivity index (χ3n) is 4.11. The van der Waals surface area contributed by atoms with Gasteiger partial charge in [-0.05, 0) is 24.8 Å². The number of fused-ring (bicyclic) bond motifs is 1. The predicted octanol–water partition coefficient (Wildman–Crippen LogP) is 2.60. The molecule has 1 aliphatic heterocycles. The summed E-state index contributed by atoms with van der Waals surface area (Å²) in [6, 6.07) is 5.13. The van der Waals surface area contributed by atoms with Crippen molar-refractivity contribution in [3.63, 3.8) is 0 Å². The number of hydrogen-bond acceptors (Lipinski definition) is 3. The van der Waals surface area contributed by atoms with Gasteiger partial charge in [0.15, 0.2) is 0 Å². The third-order valence-corrected chi connectivity index (χ3v) is 4.11. The Kier molecular flexibility index (Phi) is 3.42. The van der Waals surface area contributed by atoms with Gasteiger partial charge in [-0.3, -0.25) is 4.79 Å². The molecular formula is C15H20N2O2. The van der Waals surface area contributed by atoms with E-state index in [2.05, 4.69) is 5.32 Å². The highest BCUT2D eigenvalue weighted by Crippen LogP contribution is 2.33. The maximum atomic E-state index is 11.5. The minimum absolute atomic E-state index is 0.139. The lowest BCUT2D eigenvalue weighted by molar-refractivity contribution is -0.116. The fourth-order valence-corrected chi connectivity index (χ4v) is 2.92. The Hall–Kier alpha value is -1.55. The Labute approximate surface area is 113 Å². The molecule has 102 valence electrons. The van der Waals surface area contributed by atoms with Crippen LogP contribution in [-0.4, -0.2) is 12.5 Å². The second-order valence-corrected chi connectivity index (χ2v) is 5.53. The zero-order valence-electron chi connectivity index (χ0n) is 11.0. The van der Waals surface area contributed by atoms with Crippen molar-refractivity contribution < 1.29 is 9.53 Å².